The number of rotatable bonds is 6. The fourth-order valence-corrected chi connectivity index (χ4v) is 2.45. The average molecular weight is 340 g/mol. The second-order valence-electron chi connectivity index (χ2n) is 5.66. The Balaban J connectivity index is 1.90. The molecule has 0 bridgehead atoms. The first-order valence-electron chi connectivity index (χ1n) is 7.41. The van der Waals surface area contributed by atoms with Gasteiger partial charge in [0.15, 0.2) is 12.6 Å². The summed E-state index contributed by atoms with van der Waals surface area (Å²) in [6, 6.07) is 0. The third-order valence-corrected chi connectivity index (χ3v) is 3.96. The van der Waals surface area contributed by atoms with Crippen LogP contribution in [0.2, 0.25) is 0 Å². The van der Waals surface area contributed by atoms with E-state index in [1.807, 2.05) is 0 Å². The molecule has 2 unspecified atom stereocenters. The SMILES string of the molecule is C[C@H](O[C@@H]1O[C@@H](CO)[C@@H](O)C(O)[C@@H]1O)C1CO[C@@H]([C@@H](O)CO)O1. The molecule has 0 aromatic rings. The molecule has 0 aromatic carbocycles. The van der Waals surface area contributed by atoms with Crippen LogP contribution in [0.25, 0.3) is 0 Å². The number of hydrogen-bond acceptors (Lipinski definition) is 10. The van der Waals surface area contributed by atoms with Crippen LogP contribution in [-0.4, -0.2) is 106 Å². The van der Waals surface area contributed by atoms with E-state index in [-0.39, 0.29) is 6.61 Å². The van der Waals surface area contributed by atoms with E-state index in [0.717, 1.165) is 0 Å². The van der Waals surface area contributed by atoms with E-state index in [4.69, 9.17) is 29.2 Å². The summed E-state index contributed by atoms with van der Waals surface area (Å²) in [5, 5.41) is 56.7. The summed E-state index contributed by atoms with van der Waals surface area (Å²) < 4.78 is 21.3. The molecule has 2 rings (SSSR count). The summed E-state index contributed by atoms with van der Waals surface area (Å²) in [5.41, 5.74) is 0. The molecule has 10 heteroatoms. The van der Waals surface area contributed by atoms with Crippen molar-refractivity contribution in [3.8, 4) is 0 Å². The summed E-state index contributed by atoms with van der Waals surface area (Å²) in [6.07, 6.45) is -10.2. The van der Waals surface area contributed by atoms with Crippen molar-refractivity contribution in [1.29, 1.82) is 0 Å². The lowest BCUT2D eigenvalue weighted by Crippen LogP contribution is -2.60. The first kappa shape index (κ1) is 18.9. The first-order chi connectivity index (χ1) is 10.9. The topological polar surface area (TPSA) is 158 Å². The van der Waals surface area contributed by atoms with Crippen LogP contribution >= 0.6 is 0 Å². The molecule has 9 atom stereocenters. The maximum Gasteiger partial charge on any atom is 0.187 e. The first-order valence-corrected chi connectivity index (χ1v) is 7.41. The van der Waals surface area contributed by atoms with Crippen molar-refractivity contribution in [3.63, 3.8) is 0 Å². The molecule has 6 N–H and O–H groups in total. The zero-order chi connectivity index (χ0) is 17.1. The summed E-state index contributed by atoms with van der Waals surface area (Å²) in [4.78, 5) is 0. The van der Waals surface area contributed by atoms with Crippen molar-refractivity contribution in [2.24, 2.45) is 0 Å². The minimum Gasteiger partial charge on any atom is -0.394 e. The Bertz CT molecular complexity index is 367. The highest BCUT2D eigenvalue weighted by Gasteiger charge is 2.45. The summed E-state index contributed by atoms with van der Waals surface area (Å²) in [7, 11) is 0. The van der Waals surface area contributed by atoms with E-state index in [9.17, 15) is 20.4 Å². The number of aliphatic hydroxyl groups is 6. The third kappa shape index (κ3) is 4.17. The molecular formula is C13H24O10. The summed E-state index contributed by atoms with van der Waals surface area (Å²) in [5.74, 6) is 0. The van der Waals surface area contributed by atoms with Gasteiger partial charge in [-0.25, -0.2) is 0 Å². The highest BCUT2D eigenvalue weighted by Crippen LogP contribution is 2.25. The minimum atomic E-state index is -1.53. The predicted molar refractivity (Wildman–Crippen MR) is 72.0 cm³/mol. The smallest absolute Gasteiger partial charge is 0.187 e. The van der Waals surface area contributed by atoms with Crippen molar-refractivity contribution < 1.29 is 49.6 Å². The molecule has 0 aromatic heterocycles. The molecule has 0 spiro atoms. The molecule has 0 radical (unpaired) electrons. The molecule has 10 nitrogen and oxygen atoms in total. The number of ether oxygens (including phenoxy) is 4. The van der Waals surface area contributed by atoms with Crippen LogP contribution in [0.15, 0.2) is 0 Å². The van der Waals surface area contributed by atoms with Crippen LogP contribution in [-0.2, 0) is 18.9 Å². The lowest BCUT2D eigenvalue weighted by atomic mass is 9.99. The third-order valence-electron chi connectivity index (χ3n) is 3.96. The lowest BCUT2D eigenvalue weighted by molar-refractivity contribution is -0.316. The van der Waals surface area contributed by atoms with Crippen LogP contribution in [0.3, 0.4) is 0 Å². The normalized spacial score (nSPS) is 44.2. The standard InChI is InChI=1S/C13H24O10/c1-5(8-4-20-12(23-8)6(16)2-14)21-13-11(19)10(18)9(17)7(3-15)22-13/h5-19H,2-4H2,1H3/t5-,6-,7-,8?,9+,10?,11-,12+,13+/m0/s1. The van der Waals surface area contributed by atoms with Gasteiger partial charge < -0.3 is 49.6 Å². The van der Waals surface area contributed by atoms with Crippen LogP contribution in [0, 0.1) is 0 Å². The van der Waals surface area contributed by atoms with E-state index in [0.29, 0.717) is 0 Å². The molecule has 0 saturated carbocycles. The summed E-state index contributed by atoms with van der Waals surface area (Å²) >= 11 is 0. The molecule has 2 aliphatic rings. The molecule has 2 aliphatic heterocycles. The van der Waals surface area contributed by atoms with Crippen molar-refractivity contribution in [1.82, 2.24) is 0 Å². The number of aliphatic hydroxyl groups excluding tert-OH is 6. The van der Waals surface area contributed by atoms with Gasteiger partial charge in [-0.05, 0) is 6.92 Å². The van der Waals surface area contributed by atoms with Crippen molar-refractivity contribution in [2.45, 2.75) is 62.2 Å². The molecule has 0 amide bonds. The highest BCUT2D eigenvalue weighted by molar-refractivity contribution is 4.89. The molecule has 2 heterocycles. The van der Waals surface area contributed by atoms with Crippen LogP contribution < -0.4 is 0 Å². The van der Waals surface area contributed by atoms with Gasteiger partial charge in [0.25, 0.3) is 0 Å². The van der Waals surface area contributed by atoms with E-state index in [2.05, 4.69) is 0 Å². The van der Waals surface area contributed by atoms with Gasteiger partial charge in [-0.3, -0.25) is 0 Å². The summed E-state index contributed by atoms with van der Waals surface area (Å²) in [6.45, 7) is 0.649. The molecular weight excluding hydrogens is 316 g/mol. The quantitative estimate of drug-likeness (QED) is 0.284. The van der Waals surface area contributed by atoms with Gasteiger partial charge in [0.1, 0.15) is 36.6 Å². The minimum absolute atomic E-state index is 0.0975. The van der Waals surface area contributed by atoms with Crippen LogP contribution in [0.4, 0.5) is 0 Å². The van der Waals surface area contributed by atoms with Crippen LogP contribution in [0.1, 0.15) is 6.92 Å². The van der Waals surface area contributed by atoms with E-state index in [1.54, 1.807) is 6.92 Å². The largest absolute Gasteiger partial charge is 0.394 e. The van der Waals surface area contributed by atoms with Gasteiger partial charge in [0.05, 0.1) is 25.9 Å². The van der Waals surface area contributed by atoms with Crippen LogP contribution in [0.5, 0.6) is 0 Å². The fraction of sp³-hybridized carbons (Fsp3) is 1.00. The Morgan fingerprint density at radius 2 is 1.78 bits per heavy atom. The fourth-order valence-electron chi connectivity index (χ4n) is 2.45. The Morgan fingerprint density at radius 1 is 1.09 bits per heavy atom. The van der Waals surface area contributed by atoms with Crippen molar-refractivity contribution >= 4 is 0 Å². The molecule has 2 saturated heterocycles. The molecule has 2 fully saturated rings. The zero-order valence-electron chi connectivity index (χ0n) is 12.6. The molecule has 136 valence electrons. The highest BCUT2D eigenvalue weighted by atomic mass is 16.8. The van der Waals surface area contributed by atoms with E-state index in [1.165, 1.54) is 0 Å². The van der Waals surface area contributed by atoms with Gasteiger partial charge in [0.2, 0.25) is 0 Å². The van der Waals surface area contributed by atoms with E-state index >= 15 is 0 Å². The van der Waals surface area contributed by atoms with Crippen molar-refractivity contribution in [3.05, 3.63) is 0 Å². The maximum atomic E-state index is 9.90. The van der Waals surface area contributed by atoms with Crippen molar-refractivity contribution in [2.75, 3.05) is 19.8 Å². The lowest BCUT2D eigenvalue weighted by Gasteiger charge is -2.40. The van der Waals surface area contributed by atoms with Gasteiger partial charge in [-0.2, -0.15) is 0 Å². The maximum absolute atomic E-state index is 9.90. The second-order valence-corrected chi connectivity index (χ2v) is 5.66. The van der Waals surface area contributed by atoms with Gasteiger partial charge in [0, 0.05) is 0 Å². The Labute approximate surface area is 132 Å². The predicted octanol–water partition coefficient (Wildman–Crippen LogP) is -3.71. The average Bonchev–Trinajstić information content (AvgIpc) is 3.04. The molecule has 0 aliphatic carbocycles. The van der Waals surface area contributed by atoms with Gasteiger partial charge in [-0.15, -0.1) is 0 Å². The monoisotopic (exact) mass is 340 g/mol. The van der Waals surface area contributed by atoms with Gasteiger partial charge >= 0.3 is 0 Å². The van der Waals surface area contributed by atoms with E-state index < -0.39 is 68.5 Å². The number of hydrogen-bond donors (Lipinski definition) is 6. The van der Waals surface area contributed by atoms with Gasteiger partial charge in [-0.1, -0.05) is 0 Å². The Kier molecular flexibility index (Phi) is 6.68. The zero-order valence-corrected chi connectivity index (χ0v) is 12.6. The molecule has 23 heavy (non-hydrogen) atoms. The second kappa shape index (κ2) is 8.12. The Hall–Kier alpha value is -0.400. The Morgan fingerprint density at radius 3 is 2.39 bits per heavy atom.